The molecule has 4 rings (SSSR count). The van der Waals surface area contributed by atoms with Crippen LogP contribution in [0.2, 0.25) is 0 Å². The van der Waals surface area contributed by atoms with Gasteiger partial charge >= 0.3 is 0 Å². The number of nitrogens with one attached hydrogen (secondary N) is 1. The Kier molecular flexibility index (Phi) is 4.31. The molecular weight excluding hydrogens is 376 g/mol. The summed E-state index contributed by atoms with van der Waals surface area (Å²) >= 11 is 0. The summed E-state index contributed by atoms with van der Waals surface area (Å²) in [5.74, 6) is -0.215. The zero-order chi connectivity index (χ0) is 19.9. The van der Waals surface area contributed by atoms with Gasteiger partial charge < -0.3 is 9.73 Å². The normalized spacial score (nSPS) is 11.6. The van der Waals surface area contributed by atoms with Crippen molar-refractivity contribution in [2.45, 2.75) is 0 Å². The van der Waals surface area contributed by atoms with Gasteiger partial charge in [-0.1, -0.05) is 36.4 Å². The van der Waals surface area contributed by atoms with Crippen molar-refractivity contribution in [3.05, 3.63) is 72.5 Å². The van der Waals surface area contributed by atoms with Gasteiger partial charge in [-0.05, 0) is 41.1 Å². The first-order valence-corrected chi connectivity index (χ1v) is 10.4. The number of benzene rings is 3. The predicted molar refractivity (Wildman–Crippen MR) is 111 cm³/mol. The molecule has 0 fully saturated rings. The molecule has 0 aliphatic carbocycles. The molecule has 7 heteroatoms. The molecule has 6 nitrogen and oxygen atoms in total. The van der Waals surface area contributed by atoms with E-state index in [9.17, 15) is 13.2 Å². The molecule has 0 saturated heterocycles. The lowest BCUT2D eigenvalue weighted by molar-refractivity contribution is 0.0998. The van der Waals surface area contributed by atoms with E-state index in [1.807, 2.05) is 36.4 Å². The van der Waals surface area contributed by atoms with Crippen LogP contribution in [0.4, 0.5) is 11.4 Å². The van der Waals surface area contributed by atoms with Crippen LogP contribution in [0.5, 0.6) is 0 Å². The third-order valence-corrected chi connectivity index (χ3v) is 5.82. The van der Waals surface area contributed by atoms with Crippen molar-refractivity contribution < 1.29 is 17.6 Å². The number of nitrogens with zero attached hydrogens (tertiary/aromatic N) is 1. The first kappa shape index (κ1) is 18.1. The van der Waals surface area contributed by atoms with E-state index in [2.05, 4.69) is 5.32 Å². The van der Waals surface area contributed by atoms with Crippen LogP contribution < -0.4 is 9.62 Å². The second-order valence-corrected chi connectivity index (χ2v) is 8.56. The molecule has 0 saturated carbocycles. The van der Waals surface area contributed by atoms with Gasteiger partial charge in [-0.3, -0.25) is 9.10 Å². The van der Waals surface area contributed by atoms with Crippen molar-refractivity contribution >= 4 is 49.0 Å². The summed E-state index contributed by atoms with van der Waals surface area (Å²) in [6, 6.07) is 20.0. The number of anilines is 2. The molecule has 0 atom stereocenters. The SMILES string of the molecule is CN(c1cccc(NC(=O)c2cc3c(ccc4ccccc43)o2)c1)S(C)(=O)=O. The molecule has 0 spiro atoms. The van der Waals surface area contributed by atoms with E-state index in [0.29, 0.717) is 17.0 Å². The molecule has 1 amide bonds. The zero-order valence-corrected chi connectivity index (χ0v) is 16.2. The molecule has 1 heterocycles. The maximum Gasteiger partial charge on any atom is 0.291 e. The zero-order valence-electron chi connectivity index (χ0n) is 15.3. The highest BCUT2D eigenvalue weighted by atomic mass is 32.2. The molecule has 0 unspecified atom stereocenters. The van der Waals surface area contributed by atoms with Crippen LogP contribution in [0.15, 0.2) is 71.1 Å². The molecule has 1 aromatic heterocycles. The number of hydrogen-bond acceptors (Lipinski definition) is 4. The summed E-state index contributed by atoms with van der Waals surface area (Å²) in [6.07, 6.45) is 1.12. The Morgan fingerprint density at radius 1 is 0.964 bits per heavy atom. The number of sulfonamides is 1. The molecule has 4 aromatic rings. The van der Waals surface area contributed by atoms with Gasteiger partial charge in [0.2, 0.25) is 10.0 Å². The van der Waals surface area contributed by atoms with Crippen LogP contribution in [0, 0.1) is 0 Å². The Labute approximate surface area is 162 Å². The van der Waals surface area contributed by atoms with Gasteiger partial charge in [0.25, 0.3) is 5.91 Å². The smallest absolute Gasteiger partial charge is 0.291 e. The number of carbonyl (C=O) groups excluding carboxylic acids is 1. The minimum Gasteiger partial charge on any atom is -0.451 e. The van der Waals surface area contributed by atoms with E-state index in [1.165, 1.54) is 7.05 Å². The number of rotatable bonds is 4. The highest BCUT2D eigenvalue weighted by Gasteiger charge is 2.16. The van der Waals surface area contributed by atoms with Gasteiger partial charge in [0, 0.05) is 18.1 Å². The van der Waals surface area contributed by atoms with Crippen molar-refractivity contribution in [1.29, 1.82) is 0 Å². The molecule has 142 valence electrons. The number of amides is 1. The fourth-order valence-electron chi connectivity index (χ4n) is 3.07. The summed E-state index contributed by atoms with van der Waals surface area (Å²) < 4.78 is 30.3. The predicted octanol–water partition coefficient (Wildman–Crippen LogP) is 4.23. The largest absolute Gasteiger partial charge is 0.451 e. The number of fused-ring (bicyclic) bond motifs is 3. The van der Waals surface area contributed by atoms with E-state index in [0.717, 1.165) is 26.7 Å². The Bertz CT molecular complexity index is 1310. The van der Waals surface area contributed by atoms with Crippen LogP contribution in [-0.4, -0.2) is 27.6 Å². The second-order valence-electron chi connectivity index (χ2n) is 6.54. The van der Waals surface area contributed by atoms with Crippen LogP contribution in [-0.2, 0) is 10.0 Å². The summed E-state index contributed by atoms with van der Waals surface area (Å²) in [6.45, 7) is 0. The Morgan fingerprint density at radius 2 is 1.75 bits per heavy atom. The topological polar surface area (TPSA) is 79.6 Å². The van der Waals surface area contributed by atoms with Crippen LogP contribution in [0.1, 0.15) is 10.6 Å². The lowest BCUT2D eigenvalue weighted by Gasteiger charge is -2.17. The monoisotopic (exact) mass is 394 g/mol. The third kappa shape index (κ3) is 3.32. The van der Waals surface area contributed by atoms with Crippen molar-refractivity contribution in [1.82, 2.24) is 0 Å². The lowest BCUT2D eigenvalue weighted by atomic mass is 10.1. The van der Waals surface area contributed by atoms with Crippen molar-refractivity contribution in [3.63, 3.8) is 0 Å². The highest BCUT2D eigenvalue weighted by molar-refractivity contribution is 7.92. The van der Waals surface area contributed by atoms with Crippen LogP contribution in [0.3, 0.4) is 0 Å². The van der Waals surface area contributed by atoms with Crippen molar-refractivity contribution in [3.8, 4) is 0 Å². The number of furan rings is 1. The van der Waals surface area contributed by atoms with Crippen molar-refractivity contribution in [2.75, 3.05) is 22.9 Å². The number of carbonyl (C=O) groups is 1. The Hall–Kier alpha value is -3.32. The summed E-state index contributed by atoms with van der Waals surface area (Å²) in [5, 5.41) is 5.71. The minimum absolute atomic E-state index is 0.188. The fraction of sp³-hybridized carbons (Fsp3) is 0.0952. The standard InChI is InChI=1S/C21H18N2O4S/c1-23(28(2,25)26)16-8-5-7-15(12-16)22-21(24)20-13-18-17-9-4-3-6-14(17)10-11-19(18)27-20/h3-13H,1-2H3,(H,22,24). The fourth-order valence-corrected chi connectivity index (χ4v) is 3.56. The summed E-state index contributed by atoms with van der Waals surface area (Å²) in [4.78, 5) is 12.7. The Balaban J connectivity index is 1.65. The average Bonchev–Trinajstić information content (AvgIpc) is 3.12. The van der Waals surface area contributed by atoms with E-state index < -0.39 is 15.9 Å². The summed E-state index contributed by atoms with van der Waals surface area (Å²) in [5.41, 5.74) is 1.56. The minimum atomic E-state index is -3.39. The molecule has 0 aliphatic heterocycles. The Morgan fingerprint density at radius 3 is 2.54 bits per heavy atom. The lowest BCUT2D eigenvalue weighted by Crippen LogP contribution is -2.24. The van der Waals surface area contributed by atoms with Gasteiger partial charge in [-0.25, -0.2) is 8.42 Å². The van der Waals surface area contributed by atoms with Gasteiger partial charge in [0.1, 0.15) is 5.58 Å². The molecule has 1 N–H and O–H groups in total. The summed E-state index contributed by atoms with van der Waals surface area (Å²) in [7, 11) is -1.93. The molecular formula is C21H18N2O4S. The highest BCUT2D eigenvalue weighted by Crippen LogP contribution is 2.29. The number of hydrogen-bond donors (Lipinski definition) is 1. The first-order chi connectivity index (χ1) is 13.3. The van der Waals surface area contributed by atoms with Gasteiger partial charge in [-0.2, -0.15) is 0 Å². The van der Waals surface area contributed by atoms with E-state index >= 15 is 0 Å². The van der Waals surface area contributed by atoms with Crippen molar-refractivity contribution in [2.24, 2.45) is 0 Å². The average molecular weight is 394 g/mol. The van der Waals surface area contributed by atoms with Gasteiger partial charge in [-0.15, -0.1) is 0 Å². The maximum absolute atomic E-state index is 12.7. The van der Waals surface area contributed by atoms with Crippen LogP contribution in [0.25, 0.3) is 21.7 Å². The van der Waals surface area contributed by atoms with E-state index in [-0.39, 0.29) is 5.76 Å². The molecule has 0 bridgehead atoms. The molecule has 0 aliphatic rings. The van der Waals surface area contributed by atoms with E-state index in [4.69, 9.17) is 4.42 Å². The van der Waals surface area contributed by atoms with Gasteiger partial charge in [0.15, 0.2) is 5.76 Å². The second kappa shape index (κ2) is 6.69. The van der Waals surface area contributed by atoms with Gasteiger partial charge in [0.05, 0.1) is 11.9 Å². The molecule has 28 heavy (non-hydrogen) atoms. The van der Waals surface area contributed by atoms with Crippen LogP contribution >= 0.6 is 0 Å². The quantitative estimate of drug-likeness (QED) is 0.562. The maximum atomic E-state index is 12.7. The first-order valence-electron chi connectivity index (χ1n) is 8.59. The third-order valence-electron chi connectivity index (χ3n) is 4.61. The molecule has 3 aromatic carbocycles. The van der Waals surface area contributed by atoms with E-state index in [1.54, 1.807) is 30.3 Å². The molecule has 0 radical (unpaired) electrons.